The predicted octanol–water partition coefficient (Wildman–Crippen LogP) is 3.70. The summed E-state index contributed by atoms with van der Waals surface area (Å²) in [6, 6.07) is 9.34. The van der Waals surface area contributed by atoms with Gasteiger partial charge in [0.05, 0.1) is 5.39 Å². The second-order valence-corrected chi connectivity index (χ2v) is 10.0. The molecule has 1 unspecified atom stereocenters. The van der Waals surface area contributed by atoms with Crippen molar-refractivity contribution < 1.29 is 13.6 Å². The zero-order valence-corrected chi connectivity index (χ0v) is 18.5. The van der Waals surface area contributed by atoms with Gasteiger partial charge in [0.2, 0.25) is 12.3 Å². The van der Waals surface area contributed by atoms with Crippen molar-refractivity contribution in [2.75, 3.05) is 31.1 Å². The Morgan fingerprint density at radius 1 is 1.16 bits per heavy atom. The highest BCUT2D eigenvalue weighted by molar-refractivity contribution is 7.18. The fraction of sp³-hybridized carbons (Fsp3) is 0.435. The summed E-state index contributed by atoms with van der Waals surface area (Å²) in [5.41, 5.74) is 7.24. The summed E-state index contributed by atoms with van der Waals surface area (Å²) in [4.78, 5) is 26.3. The summed E-state index contributed by atoms with van der Waals surface area (Å²) < 4.78 is 25.7. The van der Waals surface area contributed by atoms with Crippen LogP contribution in [0.2, 0.25) is 0 Å². The summed E-state index contributed by atoms with van der Waals surface area (Å²) in [6.07, 6.45) is 1.16. The van der Waals surface area contributed by atoms with E-state index in [1.807, 2.05) is 18.2 Å². The molecule has 0 bridgehead atoms. The SMILES string of the molecule is NC(=O)c1ccc(CN2CCC3(CCN(c4ncnc5sc(CC(F)F)cc45)C3)C2)cc1. The number of amides is 1. The quantitative estimate of drug-likeness (QED) is 0.611. The lowest BCUT2D eigenvalue weighted by Crippen LogP contribution is -2.31. The molecule has 0 radical (unpaired) electrons. The Balaban J connectivity index is 1.27. The zero-order valence-electron chi connectivity index (χ0n) is 17.6. The van der Waals surface area contributed by atoms with Crippen molar-refractivity contribution in [3.8, 4) is 0 Å². The highest BCUT2D eigenvalue weighted by Gasteiger charge is 2.44. The van der Waals surface area contributed by atoms with Crippen LogP contribution in [0.3, 0.4) is 0 Å². The van der Waals surface area contributed by atoms with E-state index in [1.165, 1.54) is 16.9 Å². The van der Waals surface area contributed by atoms with Gasteiger partial charge >= 0.3 is 0 Å². The molecule has 5 rings (SSSR count). The van der Waals surface area contributed by atoms with E-state index in [9.17, 15) is 13.6 Å². The molecule has 1 amide bonds. The normalized spacial score (nSPS) is 21.4. The molecule has 0 saturated carbocycles. The van der Waals surface area contributed by atoms with Crippen molar-refractivity contribution in [3.05, 3.63) is 52.7 Å². The molecule has 168 valence electrons. The molecule has 0 aliphatic carbocycles. The van der Waals surface area contributed by atoms with Gasteiger partial charge in [-0.05, 0) is 43.1 Å². The number of halogens is 2. The largest absolute Gasteiger partial charge is 0.366 e. The van der Waals surface area contributed by atoms with Crippen LogP contribution < -0.4 is 10.6 Å². The maximum absolute atomic E-state index is 12.8. The number of aromatic nitrogens is 2. The van der Waals surface area contributed by atoms with Crippen LogP contribution in [0.4, 0.5) is 14.6 Å². The summed E-state index contributed by atoms with van der Waals surface area (Å²) in [6.45, 7) is 4.71. The number of benzene rings is 1. The number of rotatable bonds is 6. The molecule has 1 spiro atoms. The van der Waals surface area contributed by atoms with Gasteiger partial charge < -0.3 is 10.6 Å². The lowest BCUT2D eigenvalue weighted by atomic mass is 9.86. The minimum Gasteiger partial charge on any atom is -0.366 e. The Bertz CT molecular complexity index is 1140. The van der Waals surface area contributed by atoms with Gasteiger partial charge in [0, 0.05) is 48.5 Å². The Hall–Kier alpha value is -2.65. The van der Waals surface area contributed by atoms with Crippen LogP contribution in [0, 0.1) is 5.41 Å². The topological polar surface area (TPSA) is 75.4 Å². The molecule has 32 heavy (non-hydrogen) atoms. The number of primary amides is 1. The number of hydrogen-bond acceptors (Lipinski definition) is 6. The van der Waals surface area contributed by atoms with Gasteiger partial charge in [-0.25, -0.2) is 18.7 Å². The molecule has 4 heterocycles. The molecule has 2 aliphatic heterocycles. The first-order valence-corrected chi connectivity index (χ1v) is 11.6. The zero-order chi connectivity index (χ0) is 22.3. The summed E-state index contributed by atoms with van der Waals surface area (Å²) in [5, 5.41) is 0.884. The van der Waals surface area contributed by atoms with Gasteiger partial charge in [-0.3, -0.25) is 9.69 Å². The molecule has 1 aromatic carbocycles. The van der Waals surface area contributed by atoms with Gasteiger partial charge in [-0.1, -0.05) is 12.1 Å². The first-order chi connectivity index (χ1) is 15.4. The average molecular weight is 458 g/mol. The number of nitrogens with zero attached hydrogens (tertiary/aromatic N) is 4. The Kier molecular flexibility index (Phi) is 5.54. The molecule has 9 heteroatoms. The maximum atomic E-state index is 12.8. The number of hydrogen-bond donors (Lipinski definition) is 1. The fourth-order valence-electron chi connectivity index (χ4n) is 5.04. The number of anilines is 1. The molecule has 6 nitrogen and oxygen atoms in total. The van der Waals surface area contributed by atoms with E-state index in [0.29, 0.717) is 10.4 Å². The number of alkyl halides is 2. The van der Waals surface area contributed by atoms with E-state index in [-0.39, 0.29) is 11.8 Å². The van der Waals surface area contributed by atoms with Crippen molar-refractivity contribution in [2.45, 2.75) is 32.2 Å². The van der Waals surface area contributed by atoms with Crippen LogP contribution >= 0.6 is 11.3 Å². The third kappa shape index (κ3) is 4.19. The molecule has 2 saturated heterocycles. The average Bonchev–Trinajstić information content (AvgIpc) is 3.46. The van der Waals surface area contributed by atoms with Crippen LogP contribution in [0.15, 0.2) is 36.7 Å². The van der Waals surface area contributed by atoms with E-state index >= 15 is 0 Å². The third-order valence-corrected chi connectivity index (χ3v) is 7.68. The number of fused-ring (bicyclic) bond motifs is 1. The van der Waals surface area contributed by atoms with Crippen LogP contribution in [-0.4, -0.2) is 53.4 Å². The fourth-order valence-corrected chi connectivity index (χ4v) is 6.04. The number of likely N-dealkylation sites (tertiary alicyclic amines) is 1. The molecule has 3 aromatic rings. The van der Waals surface area contributed by atoms with Crippen LogP contribution in [0.5, 0.6) is 0 Å². The maximum Gasteiger partial charge on any atom is 0.248 e. The number of carbonyl (C=O) groups is 1. The van der Waals surface area contributed by atoms with E-state index in [4.69, 9.17) is 5.73 Å². The standard InChI is InChI=1S/C23H25F2N5OS/c24-19(25)10-17-9-18-21(27-14-28-22(18)32-17)30-8-6-23(13-30)5-7-29(12-23)11-15-1-3-16(4-2-15)20(26)31/h1-4,9,14,19H,5-8,10-13H2,(H2,26,31). The highest BCUT2D eigenvalue weighted by atomic mass is 32.1. The summed E-state index contributed by atoms with van der Waals surface area (Å²) in [7, 11) is 0. The lowest BCUT2D eigenvalue weighted by Gasteiger charge is -2.25. The number of carbonyl (C=O) groups excluding carboxylic acids is 1. The van der Waals surface area contributed by atoms with Gasteiger partial charge in [0.15, 0.2) is 0 Å². The molecule has 2 aromatic heterocycles. The van der Waals surface area contributed by atoms with Crippen LogP contribution in [-0.2, 0) is 13.0 Å². The minimum atomic E-state index is -2.36. The molecular formula is C23H25F2N5OS. The molecular weight excluding hydrogens is 432 g/mol. The molecule has 2 aliphatic rings. The summed E-state index contributed by atoms with van der Waals surface area (Å²) in [5.74, 6) is 0.456. The Morgan fingerprint density at radius 3 is 2.69 bits per heavy atom. The van der Waals surface area contributed by atoms with Crippen molar-refractivity contribution in [2.24, 2.45) is 11.1 Å². The van der Waals surface area contributed by atoms with E-state index in [2.05, 4.69) is 19.8 Å². The monoisotopic (exact) mass is 457 g/mol. The van der Waals surface area contributed by atoms with Gasteiger partial charge in [0.1, 0.15) is 17.0 Å². The first kappa shape index (κ1) is 21.2. The second-order valence-electron chi connectivity index (χ2n) is 8.92. The van der Waals surface area contributed by atoms with E-state index in [1.54, 1.807) is 18.5 Å². The molecule has 2 N–H and O–H groups in total. The molecule has 1 atom stereocenters. The minimum absolute atomic E-state index is 0.215. The van der Waals surface area contributed by atoms with Gasteiger partial charge in [0.25, 0.3) is 0 Å². The second kappa shape index (κ2) is 8.37. The van der Waals surface area contributed by atoms with Gasteiger partial charge in [-0.2, -0.15) is 0 Å². The van der Waals surface area contributed by atoms with E-state index in [0.717, 1.165) is 61.6 Å². The first-order valence-electron chi connectivity index (χ1n) is 10.8. The highest BCUT2D eigenvalue weighted by Crippen LogP contribution is 2.43. The van der Waals surface area contributed by atoms with Gasteiger partial charge in [-0.15, -0.1) is 11.3 Å². The van der Waals surface area contributed by atoms with Crippen molar-refractivity contribution in [1.29, 1.82) is 0 Å². The molecule has 2 fully saturated rings. The van der Waals surface area contributed by atoms with Crippen molar-refractivity contribution >= 4 is 33.3 Å². The smallest absolute Gasteiger partial charge is 0.248 e. The number of thiophene rings is 1. The number of nitrogens with two attached hydrogens (primary N) is 1. The van der Waals surface area contributed by atoms with Crippen LogP contribution in [0.1, 0.15) is 33.6 Å². The Morgan fingerprint density at radius 2 is 1.94 bits per heavy atom. The van der Waals surface area contributed by atoms with Crippen molar-refractivity contribution in [3.63, 3.8) is 0 Å². The predicted molar refractivity (Wildman–Crippen MR) is 121 cm³/mol. The lowest BCUT2D eigenvalue weighted by molar-refractivity contribution is 0.1000. The third-order valence-electron chi connectivity index (χ3n) is 6.61. The Labute approximate surface area is 189 Å². The van der Waals surface area contributed by atoms with Crippen molar-refractivity contribution in [1.82, 2.24) is 14.9 Å². The summed E-state index contributed by atoms with van der Waals surface area (Å²) >= 11 is 1.33. The van der Waals surface area contributed by atoms with Crippen LogP contribution in [0.25, 0.3) is 10.2 Å². The van der Waals surface area contributed by atoms with E-state index < -0.39 is 12.3 Å².